The van der Waals surface area contributed by atoms with Crippen molar-refractivity contribution in [2.24, 2.45) is 5.10 Å². The molecule has 0 aliphatic heterocycles. The minimum Gasteiger partial charge on any atom is -0.312 e. The summed E-state index contributed by atoms with van der Waals surface area (Å²) >= 11 is 0. The highest BCUT2D eigenvalue weighted by atomic mass is 16.2. The maximum absolute atomic E-state index is 12.2. The fourth-order valence-corrected chi connectivity index (χ4v) is 2.15. The van der Waals surface area contributed by atoms with E-state index in [1.165, 1.54) is 16.2 Å². The van der Waals surface area contributed by atoms with Crippen molar-refractivity contribution in [1.82, 2.24) is 9.99 Å². The number of hydrogen-bond donors (Lipinski definition) is 1. The molecule has 0 saturated heterocycles. The van der Waals surface area contributed by atoms with Crippen molar-refractivity contribution in [2.45, 2.75) is 33.2 Å². The molecule has 0 saturated carbocycles. The van der Waals surface area contributed by atoms with E-state index in [2.05, 4.69) is 17.5 Å². The van der Waals surface area contributed by atoms with Gasteiger partial charge >= 0.3 is 0 Å². The van der Waals surface area contributed by atoms with E-state index in [1.807, 2.05) is 38.1 Å². The van der Waals surface area contributed by atoms with E-state index in [1.54, 1.807) is 18.5 Å². The first kappa shape index (κ1) is 16.7. The smallest absolute Gasteiger partial charge is 0.276 e. The van der Waals surface area contributed by atoms with Gasteiger partial charge in [-0.15, -0.1) is 0 Å². The maximum Gasteiger partial charge on any atom is 0.276 e. The Kier molecular flexibility index (Phi) is 5.46. The van der Waals surface area contributed by atoms with Crippen LogP contribution in [0.2, 0.25) is 0 Å². The van der Waals surface area contributed by atoms with Gasteiger partial charge in [-0.05, 0) is 43.5 Å². The summed E-state index contributed by atoms with van der Waals surface area (Å²) in [7, 11) is 0. The molecule has 1 amide bonds. The predicted molar refractivity (Wildman–Crippen MR) is 92.0 cm³/mol. The molecule has 0 spiro atoms. The van der Waals surface area contributed by atoms with Crippen LogP contribution < -0.4 is 11.0 Å². The third-order valence-electron chi connectivity index (χ3n) is 3.54. The van der Waals surface area contributed by atoms with Crippen LogP contribution >= 0.6 is 0 Å². The molecule has 1 aromatic heterocycles. The van der Waals surface area contributed by atoms with Gasteiger partial charge in [0.05, 0.1) is 6.21 Å². The highest BCUT2D eigenvalue weighted by molar-refractivity contribution is 5.94. The van der Waals surface area contributed by atoms with Crippen molar-refractivity contribution in [1.29, 1.82) is 0 Å². The average Bonchev–Trinajstić information content (AvgIpc) is 2.55. The summed E-state index contributed by atoms with van der Waals surface area (Å²) in [6.07, 6.45) is 4.20. The van der Waals surface area contributed by atoms with Crippen LogP contribution in [0.15, 0.2) is 52.5 Å². The second kappa shape index (κ2) is 7.54. The van der Waals surface area contributed by atoms with Crippen molar-refractivity contribution in [3.63, 3.8) is 0 Å². The average molecular weight is 311 g/mol. The Morgan fingerprint density at radius 3 is 2.57 bits per heavy atom. The molecule has 1 heterocycles. The fraction of sp³-hybridized carbons (Fsp3) is 0.278. The first-order valence-electron chi connectivity index (χ1n) is 7.66. The molecule has 2 aromatic rings. The molecule has 23 heavy (non-hydrogen) atoms. The number of rotatable bonds is 5. The van der Waals surface area contributed by atoms with E-state index >= 15 is 0 Å². The maximum atomic E-state index is 12.2. The van der Waals surface area contributed by atoms with Gasteiger partial charge in [-0.2, -0.15) is 5.10 Å². The zero-order chi connectivity index (χ0) is 16.8. The van der Waals surface area contributed by atoms with Crippen LogP contribution in [0.3, 0.4) is 0 Å². The van der Waals surface area contributed by atoms with Crippen molar-refractivity contribution < 1.29 is 4.79 Å². The van der Waals surface area contributed by atoms with Gasteiger partial charge in [-0.3, -0.25) is 9.59 Å². The number of carbonyl (C=O) groups excluding carboxylic acids is 1. The molecule has 1 aromatic carbocycles. The Morgan fingerprint density at radius 2 is 1.96 bits per heavy atom. The summed E-state index contributed by atoms with van der Waals surface area (Å²) in [4.78, 5) is 24.3. The Labute approximate surface area is 135 Å². The molecule has 0 radical (unpaired) electrons. The number of aryl methyl sites for hydroxylation is 1. The summed E-state index contributed by atoms with van der Waals surface area (Å²) < 4.78 is 1.52. The first-order valence-corrected chi connectivity index (χ1v) is 7.66. The van der Waals surface area contributed by atoms with E-state index in [0.717, 1.165) is 12.0 Å². The highest BCUT2D eigenvalue weighted by Crippen LogP contribution is 2.03. The van der Waals surface area contributed by atoms with E-state index in [4.69, 9.17) is 0 Å². The molecule has 0 atom stereocenters. The van der Waals surface area contributed by atoms with Crippen molar-refractivity contribution in [2.75, 3.05) is 0 Å². The Bertz CT molecular complexity index is 759. The molecule has 0 unspecified atom stereocenters. The lowest BCUT2D eigenvalue weighted by Crippen LogP contribution is -2.31. The minimum atomic E-state index is -0.508. The van der Waals surface area contributed by atoms with Gasteiger partial charge in [-0.1, -0.05) is 31.2 Å². The van der Waals surface area contributed by atoms with Gasteiger partial charge in [0.15, 0.2) is 0 Å². The van der Waals surface area contributed by atoms with Crippen LogP contribution in [0.25, 0.3) is 0 Å². The van der Waals surface area contributed by atoms with Crippen molar-refractivity contribution >= 4 is 12.1 Å². The number of benzene rings is 1. The third kappa shape index (κ3) is 4.16. The Morgan fingerprint density at radius 1 is 1.26 bits per heavy atom. The van der Waals surface area contributed by atoms with Crippen LogP contribution in [0.1, 0.15) is 48.3 Å². The SMILES string of the molecule is CCc1ccc(/C=N\NC(=O)c2cccn(C(C)C)c2=O)cc1. The molecule has 5 heteroatoms. The van der Waals surface area contributed by atoms with Gasteiger partial charge in [0, 0.05) is 12.2 Å². The standard InChI is InChI=1S/C18H21N3O2/c1-4-14-7-9-15(10-8-14)12-19-20-17(22)16-6-5-11-21(13(2)3)18(16)23/h5-13H,4H2,1-3H3,(H,20,22)/b19-12-. The topological polar surface area (TPSA) is 63.5 Å². The summed E-state index contributed by atoms with van der Waals surface area (Å²) in [5.74, 6) is -0.508. The Balaban J connectivity index is 2.09. The number of pyridine rings is 1. The molecule has 0 fully saturated rings. The quantitative estimate of drug-likeness (QED) is 0.681. The molecule has 1 N–H and O–H groups in total. The second-order valence-electron chi connectivity index (χ2n) is 5.52. The van der Waals surface area contributed by atoms with Gasteiger partial charge in [0.2, 0.25) is 0 Å². The largest absolute Gasteiger partial charge is 0.312 e. The summed E-state index contributed by atoms with van der Waals surface area (Å²) in [6.45, 7) is 5.87. The number of carbonyl (C=O) groups is 1. The van der Waals surface area contributed by atoms with E-state index < -0.39 is 5.91 Å². The van der Waals surface area contributed by atoms with Crippen LogP contribution in [-0.4, -0.2) is 16.7 Å². The second-order valence-corrected chi connectivity index (χ2v) is 5.52. The molecule has 120 valence electrons. The summed E-state index contributed by atoms with van der Waals surface area (Å²) in [6, 6.07) is 11.1. The van der Waals surface area contributed by atoms with Gasteiger partial charge in [0.25, 0.3) is 11.5 Å². The molecule has 0 bridgehead atoms. The summed E-state index contributed by atoms with van der Waals surface area (Å²) in [5, 5.41) is 3.92. The molecule has 0 aliphatic carbocycles. The highest BCUT2D eigenvalue weighted by Gasteiger charge is 2.12. The fourth-order valence-electron chi connectivity index (χ4n) is 2.15. The van der Waals surface area contributed by atoms with Crippen LogP contribution in [-0.2, 0) is 6.42 Å². The predicted octanol–water partition coefficient (Wildman–Crippen LogP) is 2.76. The number of nitrogens with zero attached hydrogens (tertiary/aromatic N) is 2. The van der Waals surface area contributed by atoms with Gasteiger partial charge < -0.3 is 4.57 Å². The Hall–Kier alpha value is -2.69. The molecular weight excluding hydrogens is 290 g/mol. The monoisotopic (exact) mass is 311 g/mol. The van der Waals surface area contributed by atoms with Crippen LogP contribution in [0, 0.1) is 0 Å². The summed E-state index contributed by atoms with van der Waals surface area (Å²) in [5.41, 5.74) is 4.29. The number of hydrazone groups is 1. The lowest BCUT2D eigenvalue weighted by Gasteiger charge is -2.10. The van der Waals surface area contributed by atoms with Crippen LogP contribution in [0.4, 0.5) is 0 Å². The zero-order valence-electron chi connectivity index (χ0n) is 13.6. The number of aromatic nitrogens is 1. The normalized spacial score (nSPS) is 11.1. The minimum absolute atomic E-state index is 0.00386. The van der Waals surface area contributed by atoms with Gasteiger partial charge in [-0.25, -0.2) is 5.43 Å². The number of nitrogens with one attached hydrogen (secondary N) is 1. The van der Waals surface area contributed by atoms with Crippen molar-refractivity contribution in [3.8, 4) is 0 Å². The molecule has 2 rings (SSSR count). The molecular formula is C18H21N3O2. The van der Waals surface area contributed by atoms with E-state index in [9.17, 15) is 9.59 Å². The van der Waals surface area contributed by atoms with Gasteiger partial charge in [0.1, 0.15) is 5.56 Å². The number of amides is 1. The third-order valence-corrected chi connectivity index (χ3v) is 3.54. The van der Waals surface area contributed by atoms with Crippen molar-refractivity contribution in [3.05, 3.63) is 69.6 Å². The first-order chi connectivity index (χ1) is 11.0. The van der Waals surface area contributed by atoms with E-state index in [-0.39, 0.29) is 17.2 Å². The molecule has 5 nitrogen and oxygen atoms in total. The zero-order valence-corrected chi connectivity index (χ0v) is 13.6. The lowest BCUT2D eigenvalue weighted by molar-refractivity contribution is 0.0953. The number of hydrogen-bond acceptors (Lipinski definition) is 3. The van der Waals surface area contributed by atoms with E-state index in [0.29, 0.717) is 0 Å². The molecule has 0 aliphatic rings. The van der Waals surface area contributed by atoms with Crippen LogP contribution in [0.5, 0.6) is 0 Å². The lowest BCUT2D eigenvalue weighted by atomic mass is 10.1.